The number of alkyl halides is 3. The summed E-state index contributed by atoms with van der Waals surface area (Å²) in [6.45, 7) is 9.06. The van der Waals surface area contributed by atoms with E-state index in [0.717, 1.165) is 43.1 Å². The number of nitrogens with zero attached hydrogens (tertiary/aromatic N) is 6. The van der Waals surface area contributed by atoms with Crippen LogP contribution in [0.1, 0.15) is 53.9 Å². The summed E-state index contributed by atoms with van der Waals surface area (Å²) in [7, 11) is 0. The van der Waals surface area contributed by atoms with E-state index in [4.69, 9.17) is 22.0 Å². The molecule has 208 valence electrons. The second kappa shape index (κ2) is 10.9. The number of halogens is 3. The lowest BCUT2D eigenvalue weighted by atomic mass is 10.0. The average Bonchev–Trinajstić information content (AvgIpc) is 3.39. The number of aryl methyl sites for hydroxylation is 1. The molecule has 1 aromatic heterocycles. The van der Waals surface area contributed by atoms with Crippen molar-refractivity contribution in [1.29, 1.82) is 5.26 Å². The summed E-state index contributed by atoms with van der Waals surface area (Å²) >= 11 is 5.55. The number of amides is 2. The van der Waals surface area contributed by atoms with Gasteiger partial charge in [-0.2, -0.15) is 18.4 Å². The van der Waals surface area contributed by atoms with Gasteiger partial charge in [-0.1, -0.05) is 5.16 Å². The van der Waals surface area contributed by atoms with Gasteiger partial charge in [0.1, 0.15) is 11.8 Å². The number of hydrogen-bond acceptors (Lipinski definition) is 7. The summed E-state index contributed by atoms with van der Waals surface area (Å²) in [6.07, 6.45) is -1.76. The predicted molar refractivity (Wildman–Crippen MR) is 140 cm³/mol. The first-order valence-corrected chi connectivity index (χ1v) is 13.0. The van der Waals surface area contributed by atoms with Crippen LogP contribution in [0, 0.1) is 18.3 Å². The average molecular weight is 563 g/mol. The molecule has 3 heterocycles. The van der Waals surface area contributed by atoms with Gasteiger partial charge >= 0.3 is 6.18 Å². The van der Waals surface area contributed by atoms with Crippen LogP contribution in [0.25, 0.3) is 0 Å². The van der Waals surface area contributed by atoms with E-state index in [-0.39, 0.29) is 16.7 Å². The van der Waals surface area contributed by atoms with Crippen LogP contribution >= 0.6 is 12.2 Å². The van der Waals surface area contributed by atoms with E-state index in [1.807, 2.05) is 0 Å². The minimum Gasteiger partial charge on any atom is -0.364 e. The molecule has 39 heavy (non-hydrogen) atoms. The van der Waals surface area contributed by atoms with Crippen molar-refractivity contribution in [2.24, 2.45) is 0 Å². The number of thiocarbonyl (C=S) groups is 1. The highest BCUT2D eigenvalue weighted by molar-refractivity contribution is 7.80. The molecule has 2 aliphatic heterocycles. The third kappa shape index (κ3) is 5.62. The molecule has 2 saturated heterocycles. The van der Waals surface area contributed by atoms with Gasteiger partial charge in [0.2, 0.25) is 0 Å². The second-order valence-electron chi connectivity index (χ2n) is 10.2. The molecule has 2 aromatic rings. The topological polar surface area (TPSA) is 96.9 Å². The van der Waals surface area contributed by atoms with Crippen molar-refractivity contribution in [3.63, 3.8) is 0 Å². The molecule has 1 aromatic carbocycles. The molecule has 0 spiro atoms. The lowest BCUT2D eigenvalue weighted by molar-refractivity contribution is -0.137. The molecule has 2 fully saturated rings. The van der Waals surface area contributed by atoms with Gasteiger partial charge in [-0.15, -0.1) is 0 Å². The maximum absolute atomic E-state index is 13.5. The number of benzene rings is 1. The molecule has 4 rings (SSSR count). The Balaban J connectivity index is 1.32. The van der Waals surface area contributed by atoms with Crippen molar-refractivity contribution in [1.82, 2.24) is 19.9 Å². The Kier molecular flexibility index (Phi) is 7.99. The molecule has 9 nitrogen and oxygen atoms in total. The van der Waals surface area contributed by atoms with Gasteiger partial charge < -0.3 is 14.3 Å². The summed E-state index contributed by atoms with van der Waals surface area (Å²) < 4.78 is 45.4. The lowest BCUT2D eigenvalue weighted by Gasteiger charge is -2.34. The molecule has 2 amide bonds. The van der Waals surface area contributed by atoms with Crippen molar-refractivity contribution < 1.29 is 27.3 Å². The molecule has 13 heteroatoms. The fourth-order valence-electron chi connectivity index (χ4n) is 4.87. The first-order valence-electron chi connectivity index (χ1n) is 12.6. The van der Waals surface area contributed by atoms with Crippen molar-refractivity contribution in [3.05, 3.63) is 46.8 Å². The molecule has 0 N–H and O–H groups in total. The number of piperazine rings is 1. The molecule has 0 radical (unpaired) electrons. The monoisotopic (exact) mass is 562 g/mol. The van der Waals surface area contributed by atoms with Crippen LogP contribution in [0.5, 0.6) is 0 Å². The number of aromatic nitrogens is 1. The Morgan fingerprint density at radius 1 is 1.18 bits per heavy atom. The number of nitriles is 1. The van der Waals surface area contributed by atoms with E-state index in [0.29, 0.717) is 37.3 Å². The van der Waals surface area contributed by atoms with Crippen LogP contribution in [0.15, 0.2) is 29.0 Å². The van der Waals surface area contributed by atoms with E-state index in [2.05, 4.69) is 10.1 Å². The maximum atomic E-state index is 13.5. The number of carbonyl (C=O) groups excluding carboxylic acids is 2. The third-order valence-corrected chi connectivity index (χ3v) is 7.63. The standard InChI is InChI=1S/C26H29F3N6O3S/c1-17-16-38-31-21(17)22(36)33-12-10-32(11-13-33)8-4-5-9-34-24(39)35(23(37)25(34,2)3)19-7-6-18(15-30)20(14-19)26(27,28)29/h6-7,14,16H,4-5,8-13H2,1-3H3. The molecule has 0 atom stereocenters. The second-order valence-corrected chi connectivity index (χ2v) is 10.5. The maximum Gasteiger partial charge on any atom is 0.417 e. The van der Waals surface area contributed by atoms with Crippen LogP contribution < -0.4 is 4.90 Å². The summed E-state index contributed by atoms with van der Waals surface area (Å²) in [5.74, 6) is -0.557. The van der Waals surface area contributed by atoms with Crippen molar-refractivity contribution in [2.75, 3.05) is 44.2 Å². The van der Waals surface area contributed by atoms with E-state index >= 15 is 0 Å². The Labute approximate surface area is 229 Å². The Bertz CT molecular complexity index is 1310. The third-order valence-electron chi connectivity index (χ3n) is 7.23. The SMILES string of the molecule is Cc1conc1C(=O)N1CCN(CCCCN2C(=S)N(c3ccc(C#N)c(C(F)(F)F)c3)C(=O)C2(C)C)CC1. The van der Waals surface area contributed by atoms with Crippen LogP contribution in [0.4, 0.5) is 18.9 Å². The van der Waals surface area contributed by atoms with Gasteiger partial charge in [0.15, 0.2) is 10.8 Å². The first kappa shape index (κ1) is 28.5. The lowest BCUT2D eigenvalue weighted by Crippen LogP contribution is -2.49. The largest absolute Gasteiger partial charge is 0.417 e. The summed E-state index contributed by atoms with van der Waals surface area (Å²) in [5.41, 5.74) is -1.62. The molecular formula is C26H29F3N6O3S. The van der Waals surface area contributed by atoms with Gasteiger partial charge in [-0.3, -0.25) is 19.4 Å². The van der Waals surface area contributed by atoms with Gasteiger partial charge in [0, 0.05) is 38.3 Å². The van der Waals surface area contributed by atoms with Gasteiger partial charge in [-0.25, -0.2) is 0 Å². The van der Waals surface area contributed by atoms with Gasteiger partial charge in [-0.05, 0) is 70.6 Å². The minimum absolute atomic E-state index is 0.0138. The number of anilines is 1. The summed E-state index contributed by atoms with van der Waals surface area (Å²) in [5, 5.41) is 13.0. The zero-order valence-corrected chi connectivity index (χ0v) is 22.7. The highest BCUT2D eigenvalue weighted by atomic mass is 32.1. The zero-order valence-electron chi connectivity index (χ0n) is 21.9. The quantitative estimate of drug-likeness (QED) is 0.371. The smallest absolute Gasteiger partial charge is 0.364 e. The highest BCUT2D eigenvalue weighted by Gasteiger charge is 2.49. The first-order chi connectivity index (χ1) is 18.4. The van der Waals surface area contributed by atoms with Crippen LogP contribution in [-0.4, -0.2) is 81.6 Å². The predicted octanol–water partition coefficient (Wildman–Crippen LogP) is 3.82. The fraction of sp³-hybridized carbons (Fsp3) is 0.500. The number of carbonyl (C=O) groups is 2. The fourth-order valence-corrected chi connectivity index (χ4v) is 5.37. The minimum atomic E-state index is -4.74. The van der Waals surface area contributed by atoms with Gasteiger partial charge in [0.25, 0.3) is 11.8 Å². The summed E-state index contributed by atoms with van der Waals surface area (Å²) in [6, 6.07) is 4.72. The van der Waals surface area contributed by atoms with E-state index < -0.39 is 28.7 Å². The van der Waals surface area contributed by atoms with Gasteiger partial charge in [0.05, 0.1) is 22.9 Å². The number of rotatable bonds is 7. The number of unbranched alkanes of at least 4 members (excludes halogenated alkanes) is 1. The Morgan fingerprint density at radius 3 is 2.44 bits per heavy atom. The normalized spacial score (nSPS) is 18.1. The molecule has 0 saturated carbocycles. The van der Waals surface area contributed by atoms with Crippen LogP contribution in [0.2, 0.25) is 0 Å². The van der Waals surface area contributed by atoms with E-state index in [1.165, 1.54) is 12.3 Å². The molecule has 0 aliphatic carbocycles. The van der Waals surface area contributed by atoms with Crippen LogP contribution in [-0.2, 0) is 11.0 Å². The van der Waals surface area contributed by atoms with E-state index in [9.17, 15) is 22.8 Å². The highest BCUT2D eigenvalue weighted by Crippen LogP contribution is 2.38. The van der Waals surface area contributed by atoms with Crippen molar-refractivity contribution in [3.8, 4) is 6.07 Å². The van der Waals surface area contributed by atoms with E-state index in [1.54, 1.807) is 36.6 Å². The molecule has 0 bridgehead atoms. The molecular weight excluding hydrogens is 533 g/mol. The summed E-state index contributed by atoms with van der Waals surface area (Å²) in [4.78, 5) is 32.7. The molecule has 2 aliphatic rings. The zero-order chi connectivity index (χ0) is 28.5. The van der Waals surface area contributed by atoms with Crippen molar-refractivity contribution in [2.45, 2.75) is 45.3 Å². The molecule has 0 unspecified atom stereocenters. The Morgan fingerprint density at radius 2 is 1.85 bits per heavy atom. The van der Waals surface area contributed by atoms with Crippen LogP contribution in [0.3, 0.4) is 0 Å². The Hall–Kier alpha value is -3.50. The number of hydrogen-bond donors (Lipinski definition) is 0. The van der Waals surface area contributed by atoms with Crippen molar-refractivity contribution >= 4 is 34.8 Å².